The number of nitrogens with zero attached hydrogens (tertiary/aromatic N) is 2. The van der Waals surface area contributed by atoms with Crippen LogP contribution in [-0.2, 0) is 4.79 Å². The zero-order chi connectivity index (χ0) is 20.1. The Hall–Kier alpha value is -2.67. The second-order valence-electron chi connectivity index (χ2n) is 7.12. The number of carbonyl (C=O) groups excluding carboxylic acids is 2. The van der Waals surface area contributed by atoms with E-state index in [-0.39, 0.29) is 29.4 Å². The summed E-state index contributed by atoms with van der Waals surface area (Å²) < 4.78 is 18.7. The van der Waals surface area contributed by atoms with E-state index in [2.05, 4.69) is 5.32 Å². The molecule has 1 aromatic heterocycles. The summed E-state index contributed by atoms with van der Waals surface area (Å²) in [6.45, 7) is 6.74. The van der Waals surface area contributed by atoms with Crippen LogP contribution in [0.1, 0.15) is 30.8 Å². The molecule has 28 heavy (non-hydrogen) atoms. The van der Waals surface area contributed by atoms with Crippen LogP contribution in [0.25, 0.3) is 11.3 Å². The molecule has 6 nitrogen and oxygen atoms in total. The molecule has 0 bridgehead atoms. The molecule has 2 heterocycles. The zero-order valence-electron chi connectivity index (χ0n) is 16.3. The quantitative estimate of drug-likeness (QED) is 0.828. The van der Waals surface area contributed by atoms with E-state index in [0.29, 0.717) is 38.5 Å². The molecule has 0 aliphatic carbocycles. The lowest BCUT2D eigenvalue weighted by Gasteiger charge is -2.34. The number of hydrogen-bond donors (Lipinski definition) is 1. The van der Waals surface area contributed by atoms with E-state index in [4.69, 9.17) is 4.42 Å². The number of benzene rings is 1. The minimum absolute atomic E-state index is 0.0177. The number of furan rings is 1. The predicted octanol–water partition coefficient (Wildman–Crippen LogP) is 2.76. The molecule has 1 saturated heterocycles. The number of halogens is 1. The van der Waals surface area contributed by atoms with Crippen LogP contribution in [0.3, 0.4) is 0 Å². The molecule has 1 fully saturated rings. The summed E-state index contributed by atoms with van der Waals surface area (Å²) in [7, 11) is 0. The number of amides is 2. The normalized spacial score (nSPS) is 16.0. The summed E-state index contributed by atoms with van der Waals surface area (Å²) in [6.07, 6.45) is 0.900. The molecule has 1 unspecified atom stereocenters. The Morgan fingerprint density at radius 3 is 2.43 bits per heavy atom. The first-order valence-electron chi connectivity index (χ1n) is 9.63. The minimum atomic E-state index is -0.317. The maximum absolute atomic E-state index is 13.0. The summed E-state index contributed by atoms with van der Waals surface area (Å²) in [5.74, 6) is 0.328. The van der Waals surface area contributed by atoms with Gasteiger partial charge in [-0.1, -0.05) is 6.92 Å². The molecule has 1 N–H and O–H groups in total. The summed E-state index contributed by atoms with van der Waals surface area (Å²) in [6, 6.07) is 9.48. The number of carbonyl (C=O) groups is 2. The van der Waals surface area contributed by atoms with Crippen LogP contribution in [0.15, 0.2) is 40.8 Å². The van der Waals surface area contributed by atoms with Crippen LogP contribution >= 0.6 is 0 Å². The van der Waals surface area contributed by atoms with Gasteiger partial charge < -0.3 is 14.6 Å². The molecule has 1 aromatic carbocycles. The summed E-state index contributed by atoms with van der Waals surface area (Å²) in [4.78, 5) is 28.5. The average Bonchev–Trinajstić information content (AvgIpc) is 3.18. The third-order valence-corrected chi connectivity index (χ3v) is 4.99. The molecule has 150 valence electrons. The fourth-order valence-corrected chi connectivity index (χ4v) is 3.11. The van der Waals surface area contributed by atoms with Crippen molar-refractivity contribution in [2.75, 3.05) is 32.7 Å². The lowest BCUT2D eigenvalue weighted by atomic mass is 10.2. The number of nitrogens with one attached hydrogen (secondary N) is 1. The van der Waals surface area contributed by atoms with Gasteiger partial charge in [0.05, 0.1) is 6.54 Å². The monoisotopic (exact) mass is 387 g/mol. The van der Waals surface area contributed by atoms with Gasteiger partial charge >= 0.3 is 0 Å². The third-order valence-electron chi connectivity index (χ3n) is 4.99. The minimum Gasteiger partial charge on any atom is -0.451 e. The van der Waals surface area contributed by atoms with Crippen LogP contribution in [-0.4, -0.2) is 60.4 Å². The Labute approximate surface area is 164 Å². The van der Waals surface area contributed by atoms with Crippen molar-refractivity contribution in [3.8, 4) is 11.3 Å². The maximum Gasteiger partial charge on any atom is 0.289 e. The van der Waals surface area contributed by atoms with Crippen LogP contribution in [0, 0.1) is 5.82 Å². The summed E-state index contributed by atoms with van der Waals surface area (Å²) in [5, 5.41) is 2.96. The van der Waals surface area contributed by atoms with Crippen LogP contribution in [0.2, 0.25) is 0 Å². The van der Waals surface area contributed by atoms with Crippen molar-refractivity contribution in [3.05, 3.63) is 48.0 Å². The van der Waals surface area contributed by atoms with Crippen molar-refractivity contribution in [2.24, 2.45) is 0 Å². The van der Waals surface area contributed by atoms with Gasteiger partial charge in [-0.25, -0.2) is 4.39 Å². The highest BCUT2D eigenvalue weighted by atomic mass is 19.1. The first kappa shape index (κ1) is 20.1. The van der Waals surface area contributed by atoms with Crippen molar-refractivity contribution in [1.82, 2.24) is 15.1 Å². The lowest BCUT2D eigenvalue weighted by Crippen LogP contribution is -2.51. The van der Waals surface area contributed by atoms with E-state index in [1.165, 1.54) is 12.1 Å². The molecule has 1 aliphatic heterocycles. The fourth-order valence-electron chi connectivity index (χ4n) is 3.11. The van der Waals surface area contributed by atoms with Crippen molar-refractivity contribution in [1.29, 1.82) is 0 Å². The lowest BCUT2D eigenvalue weighted by molar-refractivity contribution is -0.123. The summed E-state index contributed by atoms with van der Waals surface area (Å²) in [5.41, 5.74) is 0.720. The Kier molecular flexibility index (Phi) is 6.46. The van der Waals surface area contributed by atoms with Crippen LogP contribution in [0.5, 0.6) is 0 Å². The van der Waals surface area contributed by atoms with Crippen molar-refractivity contribution in [3.63, 3.8) is 0 Å². The van der Waals surface area contributed by atoms with Gasteiger partial charge in [0.1, 0.15) is 11.6 Å². The van der Waals surface area contributed by atoms with Gasteiger partial charge in [-0.2, -0.15) is 0 Å². The molecule has 0 radical (unpaired) electrons. The molecule has 0 spiro atoms. The van der Waals surface area contributed by atoms with Crippen molar-refractivity contribution >= 4 is 11.8 Å². The van der Waals surface area contributed by atoms with Gasteiger partial charge in [-0.3, -0.25) is 14.5 Å². The molecule has 2 amide bonds. The Balaban J connectivity index is 1.53. The van der Waals surface area contributed by atoms with E-state index in [9.17, 15) is 14.0 Å². The van der Waals surface area contributed by atoms with Gasteiger partial charge in [0.25, 0.3) is 5.91 Å². The van der Waals surface area contributed by atoms with Crippen LogP contribution in [0.4, 0.5) is 4.39 Å². The molecular formula is C21H26FN3O3. The molecule has 1 aliphatic rings. The first-order chi connectivity index (χ1) is 13.5. The summed E-state index contributed by atoms with van der Waals surface area (Å²) >= 11 is 0. The van der Waals surface area contributed by atoms with Gasteiger partial charge in [-0.05, 0) is 49.7 Å². The molecule has 0 saturated carbocycles. The molecule has 1 atom stereocenters. The van der Waals surface area contributed by atoms with Crippen molar-refractivity contribution in [2.45, 2.75) is 26.3 Å². The van der Waals surface area contributed by atoms with Gasteiger partial charge in [0.15, 0.2) is 5.76 Å². The Bertz CT molecular complexity index is 811. The van der Waals surface area contributed by atoms with Crippen LogP contribution < -0.4 is 5.32 Å². The standard InChI is InChI=1S/C21H26FN3O3/c1-3-15(2)23-20(26)14-24-10-12-25(13-11-24)21(27)19-9-8-18(28-19)16-4-6-17(22)7-5-16/h4-9,15H,3,10-14H2,1-2H3,(H,23,26). The number of hydrogen-bond acceptors (Lipinski definition) is 4. The fraction of sp³-hybridized carbons (Fsp3) is 0.429. The average molecular weight is 387 g/mol. The Morgan fingerprint density at radius 2 is 1.79 bits per heavy atom. The van der Waals surface area contributed by atoms with E-state index in [0.717, 1.165) is 12.0 Å². The molecule has 3 rings (SSSR count). The highest BCUT2D eigenvalue weighted by Crippen LogP contribution is 2.23. The van der Waals surface area contributed by atoms with Crippen molar-refractivity contribution < 1.29 is 18.4 Å². The molecule has 7 heteroatoms. The predicted molar refractivity (Wildman–Crippen MR) is 104 cm³/mol. The first-order valence-corrected chi connectivity index (χ1v) is 9.63. The second-order valence-corrected chi connectivity index (χ2v) is 7.12. The maximum atomic E-state index is 13.0. The van der Waals surface area contributed by atoms with E-state index in [1.807, 2.05) is 18.7 Å². The number of rotatable bonds is 6. The number of piperazine rings is 1. The van der Waals surface area contributed by atoms with Gasteiger partial charge in [-0.15, -0.1) is 0 Å². The smallest absolute Gasteiger partial charge is 0.289 e. The highest BCUT2D eigenvalue weighted by Gasteiger charge is 2.25. The van der Waals surface area contributed by atoms with Gasteiger partial charge in [0.2, 0.25) is 5.91 Å². The second kappa shape index (κ2) is 9.01. The highest BCUT2D eigenvalue weighted by molar-refractivity contribution is 5.92. The molecule has 2 aromatic rings. The SMILES string of the molecule is CCC(C)NC(=O)CN1CCN(C(=O)c2ccc(-c3ccc(F)cc3)o2)CC1. The third kappa shape index (κ3) is 4.98. The largest absolute Gasteiger partial charge is 0.451 e. The topological polar surface area (TPSA) is 65.8 Å². The van der Waals surface area contributed by atoms with Gasteiger partial charge in [0, 0.05) is 37.8 Å². The Morgan fingerprint density at radius 1 is 1.11 bits per heavy atom. The molecular weight excluding hydrogens is 361 g/mol. The van der Waals surface area contributed by atoms with E-state index in [1.54, 1.807) is 29.2 Å². The van der Waals surface area contributed by atoms with E-state index < -0.39 is 0 Å². The van der Waals surface area contributed by atoms with E-state index >= 15 is 0 Å². The zero-order valence-corrected chi connectivity index (χ0v) is 16.3.